The summed E-state index contributed by atoms with van der Waals surface area (Å²) in [4.78, 5) is 12.3. The van der Waals surface area contributed by atoms with Crippen molar-refractivity contribution in [2.24, 2.45) is 0 Å². The van der Waals surface area contributed by atoms with E-state index in [1.165, 1.54) is 25.0 Å². The molecule has 0 spiro atoms. The molecule has 0 saturated carbocycles. The number of non-ortho nitro benzene ring substituents is 1. The molecule has 1 aliphatic heterocycles. The van der Waals surface area contributed by atoms with Gasteiger partial charge in [-0.15, -0.1) is 0 Å². The summed E-state index contributed by atoms with van der Waals surface area (Å²) in [5.41, 5.74) is 0.236. The first-order valence-electron chi connectivity index (χ1n) is 6.06. The molecule has 1 heterocycles. The highest BCUT2D eigenvalue weighted by Crippen LogP contribution is 2.19. The standard InChI is InChI=1S/C12H16FN3O2/c13-10-7-11(9-12(8-10)16(17)18)14-3-6-15-4-1-2-5-15/h7-9,14H,1-6H2. The Balaban J connectivity index is 1.89. The van der Waals surface area contributed by atoms with Crippen molar-refractivity contribution in [3.63, 3.8) is 0 Å². The van der Waals surface area contributed by atoms with Crippen LogP contribution >= 0.6 is 0 Å². The number of anilines is 1. The first kappa shape index (κ1) is 12.8. The number of benzene rings is 1. The van der Waals surface area contributed by atoms with E-state index < -0.39 is 10.7 Å². The Kier molecular flexibility index (Phi) is 4.09. The second-order valence-corrected chi connectivity index (χ2v) is 4.43. The van der Waals surface area contributed by atoms with Crippen molar-refractivity contribution in [1.82, 2.24) is 4.90 Å². The van der Waals surface area contributed by atoms with Gasteiger partial charge in [0.15, 0.2) is 0 Å². The molecule has 2 rings (SSSR count). The molecular weight excluding hydrogens is 237 g/mol. The van der Waals surface area contributed by atoms with E-state index in [1.807, 2.05) is 0 Å². The predicted octanol–water partition coefficient (Wildman–Crippen LogP) is 2.24. The molecule has 1 saturated heterocycles. The minimum Gasteiger partial charge on any atom is -0.383 e. The van der Waals surface area contributed by atoms with E-state index in [-0.39, 0.29) is 5.69 Å². The molecule has 0 bridgehead atoms. The van der Waals surface area contributed by atoms with Gasteiger partial charge in [-0.2, -0.15) is 0 Å². The summed E-state index contributed by atoms with van der Waals surface area (Å²) in [5, 5.41) is 13.6. The second kappa shape index (κ2) is 5.77. The van der Waals surface area contributed by atoms with Gasteiger partial charge in [0.1, 0.15) is 5.82 Å². The molecule has 0 aromatic heterocycles. The number of nitro benzene ring substituents is 1. The van der Waals surface area contributed by atoms with Gasteiger partial charge in [0.25, 0.3) is 5.69 Å². The Hall–Kier alpha value is -1.69. The van der Waals surface area contributed by atoms with E-state index in [0.29, 0.717) is 12.2 Å². The van der Waals surface area contributed by atoms with Gasteiger partial charge in [0.05, 0.1) is 11.0 Å². The van der Waals surface area contributed by atoms with Crippen molar-refractivity contribution in [2.75, 3.05) is 31.5 Å². The number of rotatable bonds is 5. The average Bonchev–Trinajstić information content (AvgIpc) is 2.81. The lowest BCUT2D eigenvalue weighted by molar-refractivity contribution is -0.385. The summed E-state index contributed by atoms with van der Waals surface area (Å²) >= 11 is 0. The fourth-order valence-electron chi connectivity index (χ4n) is 2.15. The first-order chi connectivity index (χ1) is 8.65. The summed E-state index contributed by atoms with van der Waals surface area (Å²) in [6.45, 7) is 3.75. The molecule has 0 amide bonds. The smallest absolute Gasteiger partial charge is 0.274 e. The van der Waals surface area contributed by atoms with Crippen LogP contribution in [0.1, 0.15) is 12.8 Å². The van der Waals surface area contributed by atoms with Crippen LogP contribution in [-0.4, -0.2) is 36.0 Å². The van der Waals surface area contributed by atoms with Crippen molar-refractivity contribution < 1.29 is 9.31 Å². The summed E-state index contributed by atoms with van der Waals surface area (Å²) in [7, 11) is 0. The van der Waals surface area contributed by atoms with Crippen LogP contribution in [0.3, 0.4) is 0 Å². The number of nitrogens with zero attached hydrogens (tertiary/aromatic N) is 2. The molecule has 5 nitrogen and oxygen atoms in total. The molecule has 1 fully saturated rings. The molecule has 0 atom stereocenters. The van der Waals surface area contributed by atoms with Crippen molar-refractivity contribution in [1.29, 1.82) is 0 Å². The maximum Gasteiger partial charge on any atom is 0.274 e. The number of hydrogen-bond donors (Lipinski definition) is 1. The number of hydrogen-bond acceptors (Lipinski definition) is 4. The van der Waals surface area contributed by atoms with Crippen LogP contribution in [0.15, 0.2) is 18.2 Å². The fraction of sp³-hybridized carbons (Fsp3) is 0.500. The van der Waals surface area contributed by atoms with E-state index in [0.717, 1.165) is 25.7 Å². The minimum absolute atomic E-state index is 0.223. The summed E-state index contributed by atoms with van der Waals surface area (Å²) < 4.78 is 13.2. The summed E-state index contributed by atoms with van der Waals surface area (Å²) in [6.07, 6.45) is 2.46. The van der Waals surface area contributed by atoms with Crippen LogP contribution in [0, 0.1) is 15.9 Å². The Labute approximate surface area is 105 Å². The number of nitrogens with one attached hydrogen (secondary N) is 1. The van der Waals surface area contributed by atoms with Crippen molar-refractivity contribution in [3.8, 4) is 0 Å². The quantitative estimate of drug-likeness (QED) is 0.646. The largest absolute Gasteiger partial charge is 0.383 e. The van der Waals surface area contributed by atoms with Gasteiger partial charge in [0, 0.05) is 24.8 Å². The fourth-order valence-corrected chi connectivity index (χ4v) is 2.15. The maximum absolute atomic E-state index is 13.2. The zero-order chi connectivity index (χ0) is 13.0. The van der Waals surface area contributed by atoms with E-state index in [4.69, 9.17) is 0 Å². The van der Waals surface area contributed by atoms with Crippen LogP contribution in [0.5, 0.6) is 0 Å². The topological polar surface area (TPSA) is 58.4 Å². The van der Waals surface area contributed by atoms with Gasteiger partial charge in [-0.3, -0.25) is 10.1 Å². The van der Waals surface area contributed by atoms with Gasteiger partial charge < -0.3 is 10.2 Å². The van der Waals surface area contributed by atoms with Gasteiger partial charge in [-0.25, -0.2) is 4.39 Å². The molecule has 1 aromatic carbocycles. The Morgan fingerprint density at radius 3 is 2.72 bits per heavy atom. The Bertz CT molecular complexity index is 433. The lowest BCUT2D eigenvalue weighted by atomic mass is 10.2. The zero-order valence-electron chi connectivity index (χ0n) is 10.1. The highest BCUT2D eigenvalue weighted by atomic mass is 19.1. The second-order valence-electron chi connectivity index (χ2n) is 4.43. The van der Waals surface area contributed by atoms with Crippen LogP contribution in [-0.2, 0) is 0 Å². The third kappa shape index (κ3) is 3.40. The van der Waals surface area contributed by atoms with E-state index >= 15 is 0 Å². The van der Waals surface area contributed by atoms with Crippen LogP contribution in [0.25, 0.3) is 0 Å². The van der Waals surface area contributed by atoms with Gasteiger partial charge in [0.2, 0.25) is 0 Å². The van der Waals surface area contributed by atoms with Crippen molar-refractivity contribution >= 4 is 11.4 Å². The molecule has 1 aliphatic rings. The van der Waals surface area contributed by atoms with E-state index in [2.05, 4.69) is 10.2 Å². The van der Waals surface area contributed by atoms with Gasteiger partial charge >= 0.3 is 0 Å². The monoisotopic (exact) mass is 253 g/mol. The summed E-state index contributed by atoms with van der Waals surface area (Å²) in [6, 6.07) is 3.55. The molecule has 0 radical (unpaired) electrons. The highest BCUT2D eigenvalue weighted by Gasteiger charge is 2.12. The third-order valence-electron chi connectivity index (χ3n) is 3.05. The van der Waals surface area contributed by atoms with Gasteiger partial charge in [-0.05, 0) is 32.0 Å². The van der Waals surface area contributed by atoms with Gasteiger partial charge in [-0.1, -0.05) is 0 Å². The number of halogens is 1. The molecule has 1 aromatic rings. The number of likely N-dealkylation sites (tertiary alicyclic amines) is 1. The molecule has 1 N–H and O–H groups in total. The average molecular weight is 253 g/mol. The zero-order valence-corrected chi connectivity index (χ0v) is 10.1. The maximum atomic E-state index is 13.2. The number of nitro groups is 1. The Morgan fingerprint density at radius 1 is 1.33 bits per heavy atom. The highest BCUT2D eigenvalue weighted by molar-refractivity contribution is 5.51. The van der Waals surface area contributed by atoms with E-state index in [9.17, 15) is 14.5 Å². The lowest BCUT2D eigenvalue weighted by Gasteiger charge is -2.15. The molecule has 98 valence electrons. The molecular formula is C12H16FN3O2. The van der Waals surface area contributed by atoms with E-state index in [1.54, 1.807) is 0 Å². The van der Waals surface area contributed by atoms with Crippen LogP contribution in [0.4, 0.5) is 15.8 Å². The molecule has 0 aliphatic carbocycles. The predicted molar refractivity (Wildman–Crippen MR) is 67.2 cm³/mol. The van der Waals surface area contributed by atoms with Crippen LogP contribution < -0.4 is 5.32 Å². The molecule has 18 heavy (non-hydrogen) atoms. The first-order valence-corrected chi connectivity index (χ1v) is 6.06. The third-order valence-corrected chi connectivity index (χ3v) is 3.05. The van der Waals surface area contributed by atoms with Crippen LogP contribution in [0.2, 0.25) is 0 Å². The SMILES string of the molecule is O=[N+]([O-])c1cc(F)cc(NCCN2CCCC2)c1. The summed E-state index contributed by atoms with van der Waals surface area (Å²) in [5.74, 6) is -0.590. The molecule has 0 unspecified atom stereocenters. The Morgan fingerprint density at radius 2 is 2.06 bits per heavy atom. The lowest BCUT2D eigenvalue weighted by Crippen LogP contribution is -2.25. The van der Waals surface area contributed by atoms with Crippen molar-refractivity contribution in [3.05, 3.63) is 34.1 Å². The normalized spacial score (nSPS) is 15.8. The molecule has 6 heteroatoms. The minimum atomic E-state index is -0.590. The van der Waals surface area contributed by atoms with Crippen molar-refractivity contribution in [2.45, 2.75) is 12.8 Å².